The van der Waals surface area contributed by atoms with E-state index in [0.717, 1.165) is 31.2 Å². The molecule has 0 atom stereocenters. The van der Waals surface area contributed by atoms with E-state index >= 15 is 0 Å². The molecule has 9 heteroatoms. The third-order valence-electron chi connectivity index (χ3n) is 4.75. The fourth-order valence-corrected chi connectivity index (χ4v) is 3.30. The molecule has 2 heterocycles. The summed E-state index contributed by atoms with van der Waals surface area (Å²) in [5, 5.41) is 13.2. The quantitative estimate of drug-likeness (QED) is 0.561. The minimum absolute atomic E-state index is 0. The van der Waals surface area contributed by atoms with Crippen molar-refractivity contribution in [2.45, 2.75) is 44.8 Å². The number of carbonyl (C=O) groups is 1. The van der Waals surface area contributed by atoms with E-state index in [0.29, 0.717) is 22.8 Å². The number of aromatic nitrogens is 4. The normalized spacial score (nSPS) is 18.8. The first-order valence-electron chi connectivity index (χ1n) is 8.89. The van der Waals surface area contributed by atoms with Gasteiger partial charge in [-0.25, -0.2) is 15.0 Å². The van der Waals surface area contributed by atoms with Crippen molar-refractivity contribution in [1.29, 1.82) is 0 Å². The minimum atomic E-state index is -0.213. The molecular formula is C19H25N5O2S2. The highest BCUT2D eigenvalue weighted by Gasteiger charge is 2.22. The first-order chi connectivity index (χ1) is 12.6. The molecule has 150 valence electrons. The number of H-pyrrole nitrogens is 1. The van der Waals surface area contributed by atoms with Gasteiger partial charge in [0, 0.05) is 18.5 Å². The Morgan fingerprint density at radius 1 is 1.07 bits per heavy atom. The molecule has 1 aromatic carbocycles. The zero-order valence-electron chi connectivity index (χ0n) is 15.6. The van der Waals surface area contributed by atoms with Crippen molar-refractivity contribution < 1.29 is 9.90 Å². The molecule has 1 fully saturated rings. The second-order valence-electron chi connectivity index (χ2n) is 6.75. The zero-order chi connectivity index (χ0) is 18.1. The van der Waals surface area contributed by atoms with E-state index in [1.165, 1.54) is 6.92 Å². The second kappa shape index (κ2) is 9.40. The molecule has 0 unspecified atom stereocenters. The van der Waals surface area contributed by atoms with Crippen LogP contribution >= 0.6 is 27.0 Å². The van der Waals surface area contributed by atoms with Crippen molar-refractivity contribution in [2.75, 3.05) is 5.32 Å². The van der Waals surface area contributed by atoms with Gasteiger partial charge >= 0.3 is 0 Å². The number of nitrogens with zero attached hydrogens (tertiary/aromatic N) is 3. The number of rotatable bonds is 4. The van der Waals surface area contributed by atoms with Crippen molar-refractivity contribution >= 4 is 49.8 Å². The number of Topliss-reactive ketones (excluding diaryl/α,β-unsaturated/α-hetero) is 1. The first kappa shape index (κ1) is 22.2. The molecule has 0 spiro atoms. The molecule has 1 aliphatic rings. The van der Waals surface area contributed by atoms with Crippen LogP contribution in [0.2, 0.25) is 0 Å². The lowest BCUT2D eigenvalue weighted by Crippen LogP contribution is -2.28. The minimum Gasteiger partial charge on any atom is -0.393 e. The number of nitrogens with one attached hydrogen (secondary N) is 2. The largest absolute Gasteiger partial charge is 0.393 e. The maximum absolute atomic E-state index is 11.7. The number of anilines is 1. The van der Waals surface area contributed by atoms with E-state index in [1.807, 2.05) is 30.3 Å². The average Bonchev–Trinajstić information content (AvgIpc) is 3.09. The molecular weight excluding hydrogens is 394 g/mol. The summed E-state index contributed by atoms with van der Waals surface area (Å²) in [6.07, 6.45) is 3.09. The summed E-state index contributed by atoms with van der Waals surface area (Å²) in [6, 6.07) is 9.93. The first-order valence-corrected chi connectivity index (χ1v) is 8.89. The molecule has 0 bridgehead atoms. The fraction of sp³-hybridized carbons (Fsp3) is 0.368. The molecule has 3 N–H and O–H groups in total. The molecule has 7 nitrogen and oxygen atoms in total. The van der Waals surface area contributed by atoms with Gasteiger partial charge in [-0.1, -0.05) is 30.3 Å². The number of ketones is 1. The van der Waals surface area contributed by atoms with Crippen LogP contribution in [0.1, 0.15) is 43.2 Å². The average molecular weight is 420 g/mol. The van der Waals surface area contributed by atoms with Crippen LogP contribution in [-0.2, 0) is 0 Å². The second-order valence-corrected chi connectivity index (χ2v) is 6.75. The van der Waals surface area contributed by atoms with Crippen molar-refractivity contribution in [1.82, 2.24) is 19.9 Å². The third kappa shape index (κ3) is 4.65. The van der Waals surface area contributed by atoms with Gasteiger partial charge < -0.3 is 15.4 Å². The van der Waals surface area contributed by atoms with Crippen LogP contribution < -0.4 is 5.32 Å². The monoisotopic (exact) mass is 419 g/mol. The molecule has 0 saturated heterocycles. The van der Waals surface area contributed by atoms with E-state index in [9.17, 15) is 9.90 Å². The predicted molar refractivity (Wildman–Crippen MR) is 120 cm³/mol. The topological polar surface area (TPSA) is 104 Å². The molecule has 0 amide bonds. The van der Waals surface area contributed by atoms with Crippen molar-refractivity contribution in [3.63, 3.8) is 0 Å². The Bertz CT molecular complexity index is 940. The third-order valence-corrected chi connectivity index (χ3v) is 4.75. The maximum atomic E-state index is 11.7. The molecule has 28 heavy (non-hydrogen) atoms. The van der Waals surface area contributed by atoms with Gasteiger partial charge in [-0.05, 0) is 25.7 Å². The van der Waals surface area contributed by atoms with Gasteiger partial charge in [0.25, 0.3) is 0 Å². The molecule has 1 aliphatic carbocycles. The van der Waals surface area contributed by atoms with Crippen LogP contribution in [0.25, 0.3) is 22.6 Å². The standard InChI is InChI=1S/C19H21N5O2.2H2S/c1-11(25)16-21-15-18(20-13-7-9-14(26)10-8-13)23-17(24-19(15)22-16)12-5-3-2-4-6-12;;/h2-6,13-14,26H,7-10H2,1H3,(H2,20,21,22,23,24);2*1H2. The van der Waals surface area contributed by atoms with Crippen LogP contribution in [0.3, 0.4) is 0 Å². The van der Waals surface area contributed by atoms with E-state index in [1.54, 1.807) is 0 Å². The molecule has 3 aromatic rings. The number of imidazole rings is 1. The van der Waals surface area contributed by atoms with Gasteiger partial charge in [0.15, 0.2) is 28.9 Å². The number of aliphatic hydroxyl groups is 1. The number of hydrogen-bond acceptors (Lipinski definition) is 6. The number of hydrogen-bond donors (Lipinski definition) is 3. The number of aromatic amines is 1. The Kier molecular flexibility index (Phi) is 7.45. The summed E-state index contributed by atoms with van der Waals surface area (Å²) in [6.45, 7) is 1.47. The Morgan fingerprint density at radius 3 is 2.39 bits per heavy atom. The van der Waals surface area contributed by atoms with E-state index in [2.05, 4.69) is 25.3 Å². The summed E-state index contributed by atoms with van der Waals surface area (Å²) in [4.78, 5) is 28.3. The van der Waals surface area contributed by atoms with E-state index in [-0.39, 0.29) is 50.7 Å². The summed E-state index contributed by atoms with van der Waals surface area (Å²) in [5.41, 5.74) is 2.01. The Hall–Kier alpha value is -2.10. The van der Waals surface area contributed by atoms with Crippen LogP contribution in [0.4, 0.5) is 5.82 Å². The van der Waals surface area contributed by atoms with E-state index < -0.39 is 0 Å². The summed E-state index contributed by atoms with van der Waals surface area (Å²) >= 11 is 0. The number of carbonyl (C=O) groups excluding carboxylic acids is 1. The summed E-state index contributed by atoms with van der Waals surface area (Å²) in [7, 11) is 0. The predicted octanol–water partition coefficient (Wildman–Crippen LogP) is 3.16. The van der Waals surface area contributed by atoms with Crippen LogP contribution in [0.15, 0.2) is 30.3 Å². The molecule has 0 radical (unpaired) electrons. The van der Waals surface area contributed by atoms with Crippen LogP contribution in [0.5, 0.6) is 0 Å². The molecule has 4 rings (SSSR count). The van der Waals surface area contributed by atoms with Gasteiger partial charge in [-0.3, -0.25) is 4.79 Å². The zero-order valence-corrected chi connectivity index (χ0v) is 17.6. The maximum Gasteiger partial charge on any atom is 0.195 e. The van der Waals surface area contributed by atoms with Gasteiger partial charge in [0.1, 0.15) is 5.52 Å². The number of benzene rings is 1. The smallest absolute Gasteiger partial charge is 0.195 e. The summed E-state index contributed by atoms with van der Waals surface area (Å²) in [5.74, 6) is 1.35. The Morgan fingerprint density at radius 2 is 1.75 bits per heavy atom. The van der Waals surface area contributed by atoms with Crippen molar-refractivity contribution in [2.24, 2.45) is 0 Å². The molecule has 0 aliphatic heterocycles. The Balaban J connectivity index is 0.00000140. The fourth-order valence-electron chi connectivity index (χ4n) is 3.30. The van der Waals surface area contributed by atoms with E-state index in [4.69, 9.17) is 0 Å². The SMILES string of the molecule is CC(=O)c1nc2nc(-c3ccccc3)nc(NC3CCC(O)CC3)c2[nH]1.S.S. The molecule has 1 saturated carbocycles. The van der Waals surface area contributed by atoms with Crippen molar-refractivity contribution in [3.8, 4) is 11.4 Å². The Labute approximate surface area is 177 Å². The highest BCUT2D eigenvalue weighted by Crippen LogP contribution is 2.27. The van der Waals surface area contributed by atoms with Gasteiger partial charge in [-0.15, -0.1) is 0 Å². The molecule has 2 aromatic heterocycles. The van der Waals surface area contributed by atoms with Gasteiger partial charge in [0.05, 0.1) is 6.10 Å². The number of aliphatic hydroxyl groups excluding tert-OH is 1. The van der Waals surface area contributed by atoms with Crippen molar-refractivity contribution in [3.05, 3.63) is 36.2 Å². The lowest BCUT2D eigenvalue weighted by atomic mass is 9.93. The highest BCUT2D eigenvalue weighted by molar-refractivity contribution is 7.59. The van der Waals surface area contributed by atoms with Crippen LogP contribution in [-0.4, -0.2) is 43.0 Å². The lowest BCUT2D eigenvalue weighted by molar-refractivity contribution is 0.100. The lowest BCUT2D eigenvalue weighted by Gasteiger charge is -2.26. The van der Waals surface area contributed by atoms with Gasteiger partial charge in [-0.2, -0.15) is 27.0 Å². The number of fused-ring (bicyclic) bond motifs is 1. The van der Waals surface area contributed by atoms with Gasteiger partial charge in [0.2, 0.25) is 0 Å². The van der Waals surface area contributed by atoms with Crippen LogP contribution in [0, 0.1) is 0 Å². The highest BCUT2D eigenvalue weighted by atomic mass is 32.1. The summed E-state index contributed by atoms with van der Waals surface area (Å²) < 4.78 is 0.